The molecular weight excluding hydrogens is 504 g/mol. The van der Waals surface area contributed by atoms with Gasteiger partial charge in [-0.05, 0) is 81.6 Å². The highest BCUT2D eigenvalue weighted by molar-refractivity contribution is 5.85. The number of methoxy groups -OCH3 is 1. The zero-order chi connectivity index (χ0) is 27.8. The number of hydrogen-bond donors (Lipinski definition) is 3. The molecule has 0 amide bonds. The van der Waals surface area contributed by atoms with Crippen LogP contribution in [0.1, 0.15) is 78.1 Å². The number of esters is 1. The summed E-state index contributed by atoms with van der Waals surface area (Å²) in [7, 11) is 1.57. The minimum absolute atomic E-state index is 0.0827. The lowest BCUT2D eigenvalue weighted by Gasteiger charge is -2.65. The Labute approximate surface area is 230 Å². The van der Waals surface area contributed by atoms with E-state index in [1.54, 1.807) is 20.1 Å². The summed E-state index contributed by atoms with van der Waals surface area (Å²) in [5.74, 6) is -0.420. The number of aliphatic hydroxyl groups excluding tert-OH is 1. The summed E-state index contributed by atoms with van der Waals surface area (Å²) in [5, 5.41) is 34.8. The maximum atomic E-state index is 13.0. The second kappa shape index (κ2) is 9.60. The van der Waals surface area contributed by atoms with E-state index in [1.165, 1.54) is 0 Å². The fourth-order valence-electron chi connectivity index (χ4n) is 9.98. The maximum Gasteiger partial charge on any atom is 0.331 e. The summed E-state index contributed by atoms with van der Waals surface area (Å²) in [6, 6.07) is 0. The molecule has 4 aliphatic carbocycles. The van der Waals surface area contributed by atoms with Gasteiger partial charge in [0.15, 0.2) is 6.29 Å². The second-order valence-electron chi connectivity index (χ2n) is 13.5. The summed E-state index contributed by atoms with van der Waals surface area (Å²) in [4.78, 5) is 24.8. The number of cyclic esters (lactones) is 1. The van der Waals surface area contributed by atoms with Gasteiger partial charge in [0.1, 0.15) is 19.0 Å². The second-order valence-corrected chi connectivity index (χ2v) is 13.5. The molecule has 2 aliphatic heterocycles. The van der Waals surface area contributed by atoms with Gasteiger partial charge in [-0.25, -0.2) is 4.79 Å². The van der Waals surface area contributed by atoms with Gasteiger partial charge in [0.05, 0.1) is 34.9 Å². The van der Waals surface area contributed by atoms with Crippen LogP contribution in [0.25, 0.3) is 0 Å². The molecule has 0 bridgehead atoms. The smallest absolute Gasteiger partial charge is 0.331 e. The zero-order valence-corrected chi connectivity index (χ0v) is 23.3. The van der Waals surface area contributed by atoms with Crippen LogP contribution in [-0.4, -0.2) is 83.2 Å². The third kappa shape index (κ3) is 3.94. The number of aldehydes is 1. The molecule has 5 fully saturated rings. The Morgan fingerprint density at radius 3 is 2.54 bits per heavy atom. The molecule has 12 atom stereocenters. The molecule has 0 aromatic carbocycles. The predicted octanol–water partition coefficient (Wildman–Crippen LogP) is 2.43. The number of carbonyl (C=O) groups is 2. The molecule has 0 radical (unpaired) electrons. The molecule has 218 valence electrons. The van der Waals surface area contributed by atoms with Crippen molar-refractivity contribution in [2.75, 3.05) is 13.7 Å². The fraction of sp³-hybridized carbons (Fsp3) is 0.867. The number of hydrogen-bond acceptors (Lipinski definition) is 9. The first kappa shape index (κ1) is 27.8. The van der Waals surface area contributed by atoms with Gasteiger partial charge in [0.2, 0.25) is 0 Å². The van der Waals surface area contributed by atoms with Crippen molar-refractivity contribution >= 4 is 12.3 Å². The number of carbonyl (C=O) groups excluding carboxylic acids is 2. The third-order valence-corrected chi connectivity index (χ3v) is 12.1. The molecule has 3 N–H and O–H groups in total. The quantitative estimate of drug-likeness (QED) is 0.269. The molecule has 6 rings (SSSR count). The van der Waals surface area contributed by atoms with Crippen molar-refractivity contribution in [3.8, 4) is 0 Å². The first-order valence-corrected chi connectivity index (χ1v) is 14.8. The maximum absolute atomic E-state index is 13.0. The SMILES string of the molecule is CO[C@@H]1C[C@H](O[C@H]2CC[C@]3(C=O)[C@H]4CC[C@]5(C)[C@@H](C6=CC(=O)OC6)CC[C@]5(O)[C@@H]4CC[C@]3(O)C2)O[C@H](C)[C@@H]1O. The number of aliphatic hydroxyl groups is 3. The lowest BCUT2D eigenvalue weighted by atomic mass is 9.41. The standard InChI is InChI=1S/C30H44O9/c1-17-26(33)23(36-3)13-25(38-17)39-19-4-9-28(16-31)21-5-8-27(2)20(18-12-24(32)37-15-18)7-11-30(27,35)22(21)6-10-29(28,34)14-19/h12,16-17,19-23,25-26,33-35H,4-11,13-15H2,1-3H3/t17-,19+,20-,21+,22-,23-,25+,26+,27-,28+,29+,30+/m1/s1. The van der Waals surface area contributed by atoms with Crippen molar-refractivity contribution in [3.05, 3.63) is 11.6 Å². The molecule has 9 heteroatoms. The highest BCUT2D eigenvalue weighted by Crippen LogP contribution is 2.70. The van der Waals surface area contributed by atoms with Gasteiger partial charge in [-0.2, -0.15) is 0 Å². The van der Waals surface area contributed by atoms with Crippen LogP contribution >= 0.6 is 0 Å². The minimum Gasteiger partial charge on any atom is -0.458 e. The molecule has 6 aliphatic rings. The van der Waals surface area contributed by atoms with Gasteiger partial charge in [0.25, 0.3) is 0 Å². The van der Waals surface area contributed by atoms with Crippen LogP contribution in [-0.2, 0) is 28.5 Å². The zero-order valence-electron chi connectivity index (χ0n) is 23.3. The molecule has 9 nitrogen and oxygen atoms in total. The lowest BCUT2D eigenvalue weighted by Crippen LogP contribution is -2.69. The number of rotatable bonds is 5. The highest BCUT2D eigenvalue weighted by Gasteiger charge is 2.71. The van der Waals surface area contributed by atoms with Gasteiger partial charge in [-0.1, -0.05) is 6.92 Å². The fourth-order valence-corrected chi connectivity index (χ4v) is 9.98. The third-order valence-electron chi connectivity index (χ3n) is 12.1. The summed E-state index contributed by atoms with van der Waals surface area (Å²) < 4.78 is 22.9. The first-order chi connectivity index (χ1) is 18.5. The molecule has 2 heterocycles. The summed E-state index contributed by atoms with van der Waals surface area (Å²) in [6.45, 7) is 4.25. The molecule has 0 unspecified atom stereocenters. The van der Waals surface area contributed by atoms with Crippen molar-refractivity contribution in [1.82, 2.24) is 0 Å². The van der Waals surface area contributed by atoms with Crippen molar-refractivity contribution < 1.29 is 43.9 Å². The van der Waals surface area contributed by atoms with E-state index in [1.807, 2.05) is 0 Å². The van der Waals surface area contributed by atoms with Crippen LogP contribution in [0.3, 0.4) is 0 Å². The van der Waals surface area contributed by atoms with Crippen LogP contribution in [0, 0.1) is 28.6 Å². The van der Waals surface area contributed by atoms with Gasteiger partial charge in [-0.3, -0.25) is 0 Å². The van der Waals surface area contributed by atoms with Crippen LogP contribution in [0.4, 0.5) is 0 Å². The van der Waals surface area contributed by atoms with E-state index in [0.29, 0.717) is 51.6 Å². The van der Waals surface area contributed by atoms with Crippen molar-refractivity contribution in [2.45, 2.75) is 120 Å². The van der Waals surface area contributed by atoms with E-state index < -0.39 is 40.5 Å². The Kier molecular flexibility index (Phi) is 6.84. The van der Waals surface area contributed by atoms with Crippen molar-refractivity contribution in [1.29, 1.82) is 0 Å². The predicted molar refractivity (Wildman–Crippen MR) is 138 cm³/mol. The Hall–Kier alpha value is -1.36. The van der Waals surface area contributed by atoms with E-state index in [2.05, 4.69) is 6.92 Å². The van der Waals surface area contributed by atoms with Gasteiger partial charge in [-0.15, -0.1) is 0 Å². The Bertz CT molecular complexity index is 1030. The van der Waals surface area contributed by atoms with Crippen molar-refractivity contribution in [2.24, 2.45) is 28.6 Å². The van der Waals surface area contributed by atoms with E-state index in [4.69, 9.17) is 18.9 Å². The highest BCUT2D eigenvalue weighted by atomic mass is 16.7. The Balaban J connectivity index is 1.21. The van der Waals surface area contributed by atoms with Crippen LogP contribution in [0.2, 0.25) is 0 Å². The van der Waals surface area contributed by atoms with E-state index >= 15 is 0 Å². The van der Waals surface area contributed by atoms with Gasteiger partial charge < -0.3 is 39.1 Å². The van der Waals surface area contributed by atoms with E-state index in [-0.39, 0.29) is 35.9 Å². The molecule has 0 aromatic rings. The van der Waals surface area contributed by atoms with Gasteiger partial charge >= 0.3 is 5.97 Å². The molecule has 0 aromatic heterocycles. The monoisotopic (exact) mass is 548 g/mol. The molecule has 0 spiro atoms. The van der Waals surface area contributed by atoms with Crippen molar-refractivity contribution in [3.63, 3.8) is 0 Å². The normalized spacial score (nSPS) is 53.3. The Morgan fingerprint density at radius 1 is 1.08 bits per heavy atom. The first-order valence-electron chi connectivity index (χ1n) is 14.8. The topological polar surface area (TPSA) is 132 Å². The average Bonchev–Trinajstić information content (AvgIpc) is 3.45. The summed E-state index contributed by atoms with van der Waals surface area (Å²) in [5.41, 5.74) is -2.52. The van der Waals surface area contributed by atoms with Crippen LogP contribution in [0.5, 0.6) is 0 Å². The van der Waals surface area contributed by atoms with Crippen LogP contribution in [0.15, 0.2) is 11.6 Å². The molecular formula is C30H44O9. The Morgan fingerprint density at radius 2 is 1.85 bits per heavy atom. The number of fused-ring (bicyclic) bond motifs is 5. The van der Waals surface area contributed by atoms with Crippen LogP contribution < -0.4 is 0 Å². The summed E-state index contributed by atoms with van der Waals surface area (Å²) in [6.07, 6.45) is 6.10. The van der Waals surface area contributed by atoms with E-state index in [0.717, 1.165) is 31.1 Å². The van der Waals surface area contributed by atoms with Gasteiger partial charge in [0, 0.05) is 31.4 Å². The average molecular weight is 549 g/mol. The lowest BCUT2D eigenvalue weighted by molar-refractivity contribution is -0.287. The summed E-state index contributed by atoms with van der Waals surface area (Å²) >= 11 is 0. The minimum atomic E-state index is -1.21. The molecule has 39 heavy (non-hydrogen) atoms. The largest absolute Gasteiger partial charge is 0.458 e. The number of ether oxygens (including phenoxy) is 4. The molecule has 4 saturated carbocycles. The van der Waals surface area contributed by atoms with E-state index in [9.17, 15) is 24.9 Å². The molecule has 1 saturated heterocycles.